The molecule has 1 aliphatic rings. The van der Waals surface area contributed by atoms with E-state index >= 15 is 0 Å². The lowest BCUT2D eigenvalue weighted by Gasteiger charge is -2.38. The lowest BCUT2D eigenvalue weighted by Crippen LogP contribution is -2.50. The van der Waals surface area contributed by atoms with Gasteiger partial charge in [0.1, 0.15) is 6.10 Å². The molecule has 5 heteroatoms. The predicted octanol–water partition coefficient (Wildman–Crippen LogP) is 2.86. The molecule has 4 nitrogen and oxygen atoms in total. The lowest BCUT2D eigenvalue weighted by molar-refractivity contribution is -0.129. The fourth-order valence-electron chi connectivity index (χ4n) is 1.78. The maximum Gasteiger partial charge on any atom is 0.250 e. The number of carbonyl (C=O) groups is 1. The van der Waals surface area contributed by atoms with E-state index in [1.165, 1.54) is 0 Å². The Balaban J connectivity index is 2.67. The Labute approximate surface area is 124 Å². The molecule has 0 aromatic heterocycles. The van der Waals surface area contributed by atoms with E-state index < -0.39 is 14.4 Å². The third-order valence-electron chi connectivity index (χ3n) is 4.13. The molecule has 0 saturated carbocycles. The molecule has 1 aliphatic heterocycles. The lowest BCUT2D eigenvalue weighted by atomic mass is 10.2. The van der Waals surface area contributed by atoms with Gasteiger partial charge < -0.3 is 14.5 Å². The van der Waals surface area contributed by atoms with Crippen LogP contribution in [0.15, 0.2) is 12.2 Å². The van der Waals surface area contributed by atoms with E-state index in [4.69, 9.17) is 9.16 Å². The molecular weight excluding hydrogens is 270 g/mol. The van der Waals surface area contributed by atoms with Gasteiger partial charge in [-0.15, -0.1) is 0 Å². The molecule has 1 amide bonds. The van der Waals surface area contributed by atoms with Gasteiger partial charge in [-0.05, 0) is 31.5 Å². The van der Waals surface area contributed by atoms with Crippen LogP contribution in [-0.2, 0) is 14.0 Å². The van der Waals surface area contributed by atoms with Crippen LogP contribution in [0.5, 0.6) is 0 Å². The van der Waals surface area contributed by atoms with E-state index in [-0.39, 0.29) is 17.0 Å². The maximum absolute atomic E-state index is 12.3. The summed E-state index contributed by atoms with van der Waals surface area (Å²) in [5, 5.41) is 3.11. The first kappa shape index (κ1) is 17.4. The Hall–Kier alpha value is -0.653. The molecule has 1 fully saturated rings. The number of hydrogen-bond donors (Lipinski definition) is 1. The van der Waals surface area contributed by atoms with Crippen LogP contribution in [0.25, 0.3) is 0 Å². The van der Waals surface area contributed by atoms with E-state index in [1.54, 1.807) is 0 Å². The highest BCUT2D eigenvalue weighted by Crippen LogP contribution is 2.37. The number of allylic oxidation sites excluding steroid dienone is 1. The topological polar surface area (TPSA) is 47.6 Å². The molecule has 2 atom stereocenters. The molecule has 1 rings (SSSR count). The normalized spacial score (nSPS) is 25.6. The highest BCUT2D eigenvalue weighted by atomic mass is 28.4. The summed E-state index contributed by atoms with van der Waals surface area (Å²) in [4.78, 5) is 12.3. The minimum atomic E-state index is -1.96. The van der Waals surface area contributed by atoms with Crippen LogP contribution in [0.1, 0.15) is 34.1 Å². The maximum atomic E-state index is 12.3. The first-order valence-corrected chi connectivity index (χ1v) is 10.3. The van der Waals surface area contributed by atoms with Gasteiger partial charge in [-0.25, -0.2) is 0 Å². The Bertz CT molecular complexity index is 361. The number of rotatable bonds is 4. The molecule has 20 heavy (non-hydrogen) atoms. The SMILES string of the molecule is CC=CCC1COCC(O[Si](C)(C)C(C)(C)C)C(=O)N1. The van der Waals surface area contributed by atoms with Gasteiger partial charge in [-0.2, -0.15) is 0 Å². The monoisotopic (exact) mass is 299 g/mol. The second-order valence-corrected chi connectivity index (χ2v) is 11.7. The predicted molar refractivity (Wildman–Crippen MR) is 84.3 cm³/mol. The summed E-state index contributed by atoms with van der Waals surface area (Å²) < 4.78 is 11.8. The van der Waals surface area contributed by atoms with Crippen LogP contribution in [0.4, 0.5) is 0 Å². The second-order valence-electron chi connectivity index (χ2n) is 6.91. The molecule has 0 spiro atoms. The first-order chi connectivity index (χ1) is 9.17. The average Bonchev–Trinajstić information content (AvgIpc) is 2.48. The van der Waals surface area contributed by atoms with Crippen molar-refractivity contribution in [1.82, 2.24) is 5.32 Å². The van der Waals surface area contributed by atoms with Crippen molar-refractivity contribution in [3.8, 4) is 0 Å². The van der Waals surface area contributed by atoms with Gasteiger partial charge >= 0.3 is 0 Å². The minimum absolute atomic E-state index is 0.0400. The zero-order valence-electron chi connectivity index (χ0n) is 13.7. The third-order valence-corrected chi connectivity index (χ3v) is 8.61. The Morgan fingerprint density at radius 2 is 2.05 bits per heavy atom. The van der Waals surface area contributed by atoms with Crippen molar-refractivity contribution in [1.29, 1.82) is 0 Å². The van der Waals surface area contributed by atoms with E-state index in [9.17, 15) is 4.79 Å². The van der Waals surface area contributed by atoms with Gasteiger partial charge in [0, 0.05) is 0 Å². The molecule has 0 aliphatic carbocycles. The Morgan fingerprint density at radius 3 is 2.60 bits per heavy atom. The summed E-state index contributed by atoms with van der Waals surface area (Å²) in [7, 11) is -1.96. The molecule has 0 aromatic rings. The average molecular weight is 299 g/mol. The molecular formula is C15H29NO3Si. The zero-order chi connectivity index (χ0) is 15.4. The van der Waals surface area contributed by atoms with Crippen molar-refractivity contribution in [3.05, 3.63) is 12.2 Å². The van der Waals surface area contributed by atoms with Gasteiger partial charge in [0.2, 0.25) is 0 Å². The summed E-state index contributed by atoms with van der Waals surface area (Å²) in [5.74, 6) is -0.0400. The van der Waals surface area contributed by atoms with E-state index in [2.05, 4.69) is 39.2 Å². The quantitative estimate of drug-likeness (QED) is 0.641. The number of amides is 1. The van der Waals surface area contributed by atoms with Gasteiger partial charge in [-0.1, -0.05) is 32.9 Å². The van der Waals surface area contributed by atoms with Crippen molar-refractivity contribution in [3.63, 3.8) is 0 Å². The molecule has 0 bridgehead atoms. The highest BCUT2D eigenvalue weighted by molar-refractivity contribution is 6.74. The minimum Gasteiger partial charge on any atom is -0.403 e. The van der Waals surface area contributed by atoms with Crippen molar-refractivity contribution < 1.29 is 14.0 Å². The van der Waals surface area contributed by atoms with Crippen molar-refractivity contribution in [2.24, 2.45) is 0 Å². The molecule has 0 radical (unpaired) electrons. The molecule has 1 N–H and O–H groups in total. The molecule has 1 heterocycles. The van der Waals surface area contributed by atoms with E-state index in [1.807, 2.05) is 19.1 Å². The molecule has 1 saturated heterocycles. The number of hydrogen-bond acceptors (Lipinski definition) is 3. The molecule has 0 aromatic carbocycles. The van der Waals surface area contributed by atoms with Crippen LogP contribution in [0, 0.1) is 0 Å². The summed E-state index contributed by atoms with van der Waals surface area (Å²) in [6.07, 6.45) is 4.35. The summed E-state index contributed by atoms with van der Waals surface area (Å²) >= 11 is 0. The largest absolute Gasteiger partial charge is 0.403 e. The summed E-state index contributed by atoms with van der Waals surface area (Å²) in [6, 6.07) is 0.0479. The summed E-state index contributed by atoms with van der Waals surface area (Å²) in [5.41, 5.74) is 0. The van der Waals surface area contributed by atoms with Crippen molar-refractivity contribution >= 4 is 14.2 Å². The Kier molecular flexibility index (Phi) is 5.98. The van der Waals surface area contributed by atoms with Crippen LogP contribution in [0.2, 0.25) is 18.1 Å². The molecule has 2 unspecified atom stereocenters. The second kappa shape index (κ2) is 6.87. The van der Waals surface area contributed by atoms with Gasteiger partial charge in [0.25, 0.3) is 5.91 Å². The van der Waals surface area contributed by atoms with Crippen LogP contribution in [0.3, 0.4) is 0 Å². The standard InChI is InChI=1S/C15H29NO3Si/c1-7-8-9-12-10-18-11-13(14(17)16-12)19-20(5,6)15(2,3)4/h7-8,12-13H,9-11H2,1-6H3,(H,16,17). The Morgan fingerprint density at radius 1 is 1.40 bits per heavy atom. The van der Waals surface area contributed by atoms with Crippen LogP contribution < -0.4 is 5.32 Å². The zero-order valence-corrected chi connectivity index (χ0v) is 14.7. The first-order valence-electron chi connectivity index (χ1n) is 7.34. The highest BCUT2D eigenvalue weighted by Gasteiger charge is 2.41. The van der Waals surface area contributed by atoms with Crippen molar-refractivity contribution in [2.75, 3.05) is 13.2 Å². The van der Waals surface area contributed by atoms with E-state index in [0.717, 1.165) is 6.42 Å². The van der Waals surface area contributed by atoms with Gasteiger partial charge in [0.05, 0.1) is 19.3 Å². The van der Waals surface area contributed by atoms with Gasteiger partial charge in [0.15, 0.2) is 8.32 Å². The number of nitrogens with one attached hydrogen (secondary N) is 1. The number of ether oxygens (including phenoxy) is 1. The number of carbonyl (C=O) groups excluding carboxylic acids is 1. The van der Waals surface area contributed by atoms with Gasteiger partial charge in [-0.3, -0.25) is 4.79 Å². The summed E-state index contributed by atoms with van der Waals surface area (Å²) in [6.45, 7) is 13.7. The van der Waals surface area contributed by atoms with Crippen molar-refractivity contribution in [2.45, 2.75) is 64.4 Å². The fraction of sp³-hybridized carbons (Fsp3) is 0.800. The van der Waals surface area contributed by atoms with E-state index in [0.29, 0.717) is 13.2 Å². The van der Waals surface area contributed by atoms with Crippen LogP contribution in [-0.4, -0.2) is 39.6 Å². The van der Waals surface area contributed by atoms with Crippen LogP contribution >= 0.6 is 0 Å². The fourth-order valence-corrected chi connectivity index (χ4v) is 3.02. The smallest absolute Gasteiger partial charge is 0.250 e. The third kappa shape index (κ3) is 4.72. The molecule has 116 valence electrons.